The van der Waals surface area contributed by atoms with E-state index in [-0.39, 0.29) is 0 Å². The number of fused-ring (bicyclic) bond motifs is 2. The highest BCUT2D eigenvalue weighted by Crippen LogP contribution is 2.37. The Bertz CT molecular complexity index is 265. The maximum absolute atomic E-state index is 11.7. The first-order chi connectivity index (χ1) is 8.34. The van der Waals surface area contributed by atoms with Crippen molar-refractivity contribution in [3.05, 3.63) is 0 Å². The highest BCUT2D eigenvalue weighted by Gasteiger charge is 2.40. The first kappa shape index (κ1) is 11.7. The van der Waals surface area contributed by atoms with Gasteiger partial charge in [-0.05, 0) is 25.7 Å². The average molecular weight is 235 g/mol. The number of nitrogens with zero attached hydrogens (tertiary/aromatic N) is 1. The van der Waals surface area contributed by atoms with Crippen LogP contribution in [0.15, 0.2) is 0 Å². The predicted octanol–water partition coefficient (Wildman–Crippen LogP) is 3.30. The van der Waals surface area contributed by atoms with Gasteiger partial charge in [0.15, 0.2) is 0 Å². The van der Waals surface area contributed by atoms with Crippen molar-refractivity contribution in [2.75, 3.05) is 0 Å². The predicted molar refractivity (Wildman–Crippen MR) is 69.0 cm³/mol. The quantitative estimate of drug-likeness (QED) is 0.650. The smallest absolute Gasteiger partial charge is 0.136 e. The lowest BCUT2D eigenvalue weighted by Crippen LogP contribution is -2.56. The van der Waals surface area contributed by atoms with Gasteiger partial charge in [-0.3, -0.25) is 9.69 Å². The van der Waals surface area contributed by atoms with Crippen LogP contribution >= 0.6 is 0 Å². The summed E-state index contributed by atoms with van der Waals surface area (Å²) in [7, 11) is 0. The SMILES string of the molecule is O=C1C[C@H]2CCC[C@@H](C1)N2C1CCCCCC1. The minimum Gasteiger partial charge on any atom is -0.300 e. The average Bonchev–Trinajstić information content (AvgIpc) is 2.56. The van der Waals surface area contributed by atoms with E-state index in [1.54, 1.807) is 0 Å². The molecule has 2 saturated heterocycles. The summed E-state index contributed by atoms with van der Waals surface area (Å²) in [5.74, 6) is 0.532. The summed E-state index contributed by atoms with van der Waals surface area (Å²) in [5.41, 5.74) is 0. The number of Topliss-reactive ketones (excluding diaryl/α,β-unsaturated/α-hetero) is 1. The Balaban J connectivity index is 1.74. The van der Waals surface area contributed by atoms with Crippen molar-refractivity contribution in [3.63, 3.8) is 0 Å². The van der Waals surface area contributed by atoms with Crippen molar-refractivity contribution in [2.24, 2.45) is 0 Å². The maximum atomic E-state index is 11.7. The molecule has 0 N–H and O–H groups in total. The fraction of sp³-hybridized carbons (Fsp3) is 0.933. The largest absolute Gasteiger partial charge is 0.300 e. The number of piperidine rings is 2. The van der Waals surface area contributed by atoms with Crippen molar-refractivity contribution in [3.8, 4) is 0 Å². The van der Waals surface area contributed by atoms with Crippen LogP contribution in [0.4, 0.5) is 0 Å². The molecule has 0 spiro atoms. The zero-order valence-corrected chi connectivity index (χ0v) is 10.9. The number of ketones is 1. The molecular weight excluding hydrogens is 210 g/mol. The van der Waals surface area contributed by atoms with Gasteiger partial charge in [-0.2, -0.15) is 0 Å². The summed E-state index contributed by atoms with van der Waals surface area (Å²) >= 11 is 0. The molecule has 3 aliphatic rings. The summed E-state index contributed by atoms with van der Waals surface area (Å²) in [6.07, 6.45) is 14.1. The summed E-state index contributed by atoms with van der Waals surface area (Å²) in [6.45, 7) is 0. The molecule has 2 nitrogen and oxygen atoms in total. The van der Waals surface area contributed by atoms with Crippen molar-refractivity contribution in [1.29, 1.82) is 0 Å². The lowest BCUT2D eigenvalue weighted by Gasteiger charge is -2.49. The molecule has 1 aliphatic carbocycles. The van der Waals surface area contributed by atoms with Gasteiger partial charge in [0.05, 0.1) is 0 Å². The fourth-order valence-electron chi connectivity index (χ4n) is 4.36. The van der Waals surface area contributed by atoms with Crippen LogP contribution in [0, 0.1) is 0 Å². The number of carbonyl (C=O) groups is 1. The van der Waals surface area contributed by atoms with Gasteiger partial charge in [0.2, 0.25) is 0 Å². The van der Waals surface area contributed by atoms with Gasteiger partial charge in [-0.1, -0.05) is 32.1 Å². The minimum absolute atomic E-state index is 0.532. The molecule has 2 heterocycles. The summed E-state index contributed by atoms with van der Waals surface area (Å²) < 4.78 is 0. The van der Waals surface area contributed by atoms with E-state index in [4.69, 9.17) is 0 Å². The van der Waals surface area contributed by atoms with Crippen LogP contribution in [-0.4, -0.2) is 28.8 Å². The molecule has 0 aromatic heterocycles. The van der Waals surface area contributed by atoms with E-state index in [9.17, 15) is 4.79 Å². The summed E-state index contributed by atoms with van der Waals surface area (Å²) in [5, 5.41) is 0. The second kappa shape index (κ2) is 5.09. The van der Waals surface area contributed by atoms with E-state index in [2.05, 4.69) is 4.90 Å². The van der Waals surface area contributed by atoms with Gasteiger partial charge in [-0.15, -0.1) is 0 Å². The Hall–Kier alpha value is -0.370. The molecule has 2 aliphatic heterocycles. The van der Waals surface area contributed by atoms with E-state index in [1.807, 2.05) is 0 Å². The van der Waals surface area contributed by atoms with Crippen LogP contribution < -0.4 is 0 Å². The van der Waals surface area contributed by atoms with E-state index < -0.39 is 0 Å². The molecule has 0 aromatic carbocycles. The van der Waals surface area contributed by atoms with Crippen LogP contribution in [0.25, 0.3) is 0 Å². The van der Waals surface area contributed by atoms with Gasteiger partial charge >= 0.3 is 0 Å². The highest BCUT2D eigenvalue weighted by molar-refractivity contribution is 5.80. The molecule has 1 saturated carbocycles. The topological polar surface area (TPSA) is 20.3 Å². The zero-order chi connectivity index (χ0) is 11.7. The Morgan fingerprint density at radius 3 is 1.82 bits per heavy atom. The second-order valence-electron chi connectivity index (χ2n) is 6.28. The standard InChI is InChI=1S/C15H25NO/c17-15-10-13-8-5-9-14(11-15)16(13)12-6-3-1-2-4-7-12/h12-14H,1-11H2/t13-,14+. The van der Waals surface area contributed by atoms with E-state index in [0.717, 1.165) is 18.9 Å². The molecule has 17 heavy (non-hydrogen) atoms. The number of rotatable bonds is 1. The van der Waals surface area contributed by atoms with Crippen molar-refractivity contribution >= 4 is 5.78 Å². The first-order valence-corrected chi connectivity index (χ1v) is 7.64. The van der Waals surface area contributed by atoms with Crippen molar-refractivity contribution in [1.82, 2.24) is 4.90 Å². The molecule has 3 rings (SSSR count). The second-order valence-corrected chi connectivity index (χ2v) is 6.28. The summed E-state index contributed by atoms with van der Waals surface area (Å²) in [6, 6.07) is 2.03. The normalized spacial score (nSPS) is 36.8. The van der Waals surface area contributed by atoms with Crippen molar-refractivity contribution in [2.45, 2.75) is 88.8 Å². The van der Waals surface area contributed by atoms with Gasteiger partial charge in [0.1, 0.15) is 5.78 Å². The van der Waals surface area contributed by atoms with E-state index in [1.165, 1.54) is 57.8 Å². The van der Waals surface area contributed by atoms with E-state index in [0.29, 0.717) is 17.9 Å². The number of hydrogen-bond donors (Lipinski definition) is 0. The maximum Gasteiger partial charge on any atom is 0.136 e. The third-order valence-electron chi connectivity index (χ3n) is 5.09. The first-order valence-electron chi connectivity index (χ1n) is 7.64. The Labute approximate surface area is 105 Å². The van der Waals surface area contributed by atoms with Crippen molar-refractivity contribution < 1.29 is 4.79 Å². The zero-order valence-electron chi connectivity index (χ0n) is 10.9. The van der Waals surface area contributed by atoms with Gasteiger partial charge in [-0.25, -0.2) is 0 Å². The molecule has 2 bridgehead atoms. The van der Waals surface area contributed by atoms with Crippen LogP contribution in [0.3, 0.4) is 0 Å². The molecule has 0 unspecified atom stereocenters. The molecule has 0 radical (unpaired) electrons. The Morgan fingerprint density at radius 1 is 0.706 bits per heavy atom. The molecule has 3 fully saturated rings. The fourth-order valence-corrected chi connectivity index (χ4v) is 4.36. The van der Waals surface area contributed by atoms with Gasteiger partial charge in [0, 0.05) is 31.0 Å². The third-order valence-corrected chi connectivity index (χ3v) is 5.09. The van der Waals surface area contributed by atoms with Gasteiger partial charge < -0.3 is 0 Å². The molecule has 2 atom stereocenters. The molecule has 0 aromatic rings. The minimum atomic E-state index is 0.532. The van der Waals surface area contributed by atoms with Crippen LogP contribution in [-0.2, 0) is 4.79 Å². The molecule has 2 heteroatoms. The van der Waals surface area contributed by atoms with Crippen LogP contribution in [0.1, 0.15) is 70.6 Å². The molecular formula is C15H25NO. The van der Waals surface area contributed by atoms with E-state index >= 15 is 0 Å². The lowest BCUT2D eigenvalue weighted by atomic mass is 9.81. The Kier molecular flexibility index (Phi) is 3.51. The number of carbonyl (C=O) groups excluding carboxylic acids is 1. The van der Waals surface area contributed by atoms with Crippen LogP contribution in [0.5, 0.6) is 0 Å². The third kappa shape index (κ3) is 2.42. The van der Waals surface area contributed by atoms with Crippen LogP contribution in [0.2, 0.25) is 0 Å². The lowest BCUT2D eigenvalue weighted by molar-refractivity contribution is -0.129. The molecule has 0 amide bonds. The monoisotopic (exact) mass is 235 g/mol. The van der Waals surface area contributed by atoms with Gasteiger partial charge in [0.25, 0.3) is 0 Å². The highest BCUT2D eigenvalue weighted by atomic mass is 16.1. The Morgan fingerprint density at radius 2 is 1.24 bits per heavy atom. The molecule has 96 valence electrons. The summed E-state index contributed by atoms with van der Waals surface area (Å²) in [4.78, 5) is 14.5. The number of hydrogen-bond acceptors (Lipinski definition) is 2.